The number of halogens is 1. The molecule has 7 heteroatoms. The first-order valence-electron chi connectivity index (χ1n) is 12.2. The summed E-state index contributed by atoms with van der Waals surface area (Å²) in [6.07, 6.45) is 2.98. The van der Waals surface area contributed by atoms with E-state index in [1.165, 1.54) is 5.56 Å². The van der Waals surface area contributed by atoms with Gasteiger partial charge in [-0.2, -0.15) is 0 Å². The third kappa shape index (κ3) is 5.57. The SMILES string of the molecule is CC(C)CC(CN1CCN(Cc2ccc3c(c2)OCO3)CC1)Nc1ccnc2cc(Cl)ccc12. The summed E-state index contributed by atoms with van der Waals surface area (Å²) in [6, 6.07) is 14.7. The largest absolute Gasteiger partial charge is 0.454 e. The maximum absolute atomic E-state index is 6.18. The second-order valence-electron chi connectivity index (χ2n) is 9.76. The maximum atomic E-state index is 6.18. The quantitative estimate of drug-likeness (QED) is 0.474. The van der Waals surface area contributed by atoms with Crippen molar-refractivity contribution in [3.63, 3.8) is 0 Å². The van der Waals surface area contributed by atoms with Crippen LogP contribution < -0.4 is 14.8 Å². The Balaban J connectivity index is 1.19. The molecule has 6 nitrogen and oxygen atoms in total. The lowest BCUT2D eigenvalue weighted by molar-refractivity contribution is 0.121. The van der Waals surface area contributed by atoms with E-state index in [4.69, 9.17) is 21.1 Å². The van der Waals surface area contributed by atoms with Crippen LogP contribution in [0.15, 0.2) is 48.7 Å². The van der Waals surface area contributed by atoms with Crippen LogP contribution in [0.1, 0.15) is 25.8 Å². The van der Waals surface area contributed by atoms with E-state index in [0.29, 0.717) is 18.8 Å². The standard InChI is InChI=1S/C27H33ClN4O2/c1-19(2)13-22(30-24-7-8-29-25-15-21(28)4-5-23(24)25)17-32-11-9-31(10-12-32)16-20-3-6-26-27(14-20)34-18-33-26/h3-8,14-15,19,22H,9-13,16-18H2,1-2H3,(H,29,30). The van der Waals surface area contributed by atoms with Crippen molar-refractivity contribution in [2.45, 2.75) is 32.9 Å². The Morgan fingerprint density at radius 1 is 0.971 bits per heavy atom. The van der Waals surface area contributed by atoms with Gasteiger partial charge in [0.25, 0.3) is 0 Å². The number of hydrogen-bond donors (Lipinski definition) is 1. The molecule has 0 amide bonds. The summed E-state index contributed by atoms with van der Waals surface area (Å²) in [7, 11) is 0. The van der Waals surface area contributed by atoms with E-state index in [9.17, 15) is 0 Å². The molecule has 0 bridgehead atoms. The van der Waals surface area contributed by atoms with Crippen LogP contribution in [0.5, 0.6) is 11.5 Å². The second-order valence-corrected chi connectivity index (χ2v) is 10.2. The molecule has 1 atom stereocenters. The molecule has 0 radical (unpaired) electrons. The third-order valence-corrected chi connectivity index (χ3v) is 6.84. The summed E-state index contributed by atoms with van der Waals surface area (Å²) in [6.45, 7) is 11.2. The lowest BCUT2D eigenvalue weighted by atomic mass is 10.0. The summed E-state index contributed by atoms with van der Waals surface area (Å²) < 4.78 is 11.0. The highest BCUT2D eigenvalue weighted by atomic mass is 35.5. The van der Waals surface area contributed by atoms with Crippen molar-refractivity contribution < 1.29 is 9.47 Å². The number of pyridine rings is 1. The number of anilines is 1. The summed E-state index contributed by atoms with van der Waals surface area (Å²) in [5.41, 5.74) is 3.34. The van der Waals surface area contributed by atoms with Gasteiger partial charge in [0.1, 0.15) is 0 Å². The van der Waals surface area contributed by atoms with Crippen LogP contribution in [0.4, 0.5) is 5.69 Å². The van der Waals surface area contributed by atoms with Crippen molar-refractivity contribution in [2.24, 2.45) is 5.92 Å². The molecular weight excluding hydrogens is 448 g/mol. The molecule has 180 valence electrons. The zero-order valence-corrected chi connectivity index (χ0v) is 20.7. The van der Waals surface area contributed by atoms with E-state index < -0.39 is 0 Å². The Morgan fingerprint density at radius 3 is 2.59 bits per heavy atom. The highest BCUT2D eigenvalue weighted by Crippen LogP contribution is 2.33. The zero-order chi connectivity index (χ0) is 23.5. The average Bonchev–Trinajstić information content (AvgIpc) is 3.28. The Hall–Kier alpha value is -2.54. The molecule has 1 N–H and O–H groups in total. The van der Waals surface area contributed by atoms with Gasteiger partial charge >= 0.3 is 0 Å². The molecule has 3 heterocycles. The van der Waals surface area contributed by atoms with Gasteiger partial charge in [0, 0.05) is 67.6 Å². The fourth-order valence-electron chi connectivity index (χ4n) is 4.95. The first kappa shape index (κ1) is 23.2. The summed E-state index contributed by atoms with van der Waals surface area (Å²) >= 11 is 6.18. The molecule has 0 saturated carbocycles. The zero-order valence-electron chi connectivity index (χ0n) is 20.0. The van der Waals surface area contributed by atoms with E-state index in [2.05, 4.69) is 58.2 Å². The van der Waals surface area contributed by atoms with Gasteiger partial charge in [-0.15, -0.1) is 0 Å². The number of nitrogens with one attached hydrogen (secondary N) is 1. The monoisotopic (exact) mass is 480 g/mol. The third-order valence-electron chi connectivity index (χ3n) is 6.61. The van der Waals surface area contributed by atoms with E-state index >= 15 is 0 Å². The first-order valence-corrected chi connectivity index (χ1v) is 12.6. The van der Waals surface area contributed by atoms with Crippen LogP contribution >= 0.6 is 11.6 Å². The predicted octanol–water partition coefficient (Wildman–Crippen LogP) is 5.26. The van der Waals surface area contributed by atoms with Crippen molar-refractivity contribution >= 4 is 28.2 Å². The summed E-state index contributed by atoms with van der Waals surface area (Å²) in [5, 5.41) is 5.67. The molecule has 2 aliphatic heterocycles. The first-order chi connectivity index (χ1) is 16.5. The van der Waals surface area contributed by atoms with Crippen molar-refractivity contribution in [1.82, 2.24) is 14.8 Å². The number of benzene rings is 2. The Kier molecular flexibility index (Phi) is 7.09. The molecule has 2 aliphatic rings. The van der Waals surface area contributed by atoms with Crippen LogP contribution in [0.25, 0.3) is 10.9 Å². The molecule has 5 rings (SSSR count). The number of fused-ring (bicyclic) bond motifs is 2. The number of rotatable bonds is 8. The molecule has 0 spiro atoms. The Labute approximate surface area is 206 Å². The molecule has 1 fully saturated rings. The normalized spacial score (nSPS) is 17.4. The predicted molar refractivity (Wildman–Crippen MR) is 138 cm³/mol. The average molecular weight is 481 g/mol. The number of ether oxygens (including phenoxy) is 2. The molecule has 1 unspecified atom stereocenters. The van der Waals surface area contributed by atoms with E-state index in [-0.39, 0.29) is 0 Å². The topological polar surface area (TPSA) is 49.9 Å². The van der Waals surface area contributed by atoms with Gasteiger partial charge in [-0.3, -0.25) is 14.8 Å². The summed E-state index contributed by atoms with van der Waals surface area (Å²) in [4.78, 5) is 9.61. The van der Waals surface area contributed by atoms with Crippen LogP contribution in [0, 0.1) is 5.92 Å². The molecule has 3 aromatic rings. The molecule has 2 aromatic carbocycles. The minimum absolute atomic E-state index is 0.325. The smallest absolute Gasteiger partial charge is 0.231 e. The Bertz CT molecular complexity index is 1130. The molecule has 34 heavy (non-hydrogen) atoms. The van der Waals surface area contributed by atoms with E-state index in [1.807, 2.05) is 24.4 Å². The number of hydrogen-bond acceptors (Lipinski definition) is 6. The number of piperazine rings is 1. The van der Waals surface area contributed by atoms with Crippen LogP contribution in [0.2, 0.25) is 5.02 Å². The van der Waals surface area contributed by atoms with Gasteiger partial charge in [-0.25, -0.2) is 0 Å². The van der Waals surface area contributed by atoms with Crippen molar-refractivity contribution in [3.8, 4) is 11.5 Å². The van der Waals surface area contributed by atoms with Crippen LogP contribution in [0.3, 0.4) is 0 Å². The van der Waals surface area contributed by atoms with E-state index in [1.54, 1.807) is 0 Å². The lowest BCUT2D eigenvalue weighted by Crippen LogP contribution is -2.49. The highest BCUT2D eigenvalue weighted by molar-refractivity contribution is 6.31. The van der Waals surface area contributed by atoms with Gasteiger partial charge in [0.2, 0.25) is 6.79 Å². The van der Waals surface area contributed by atoms with Gasteiger partial charge < -0.3 is 14.8 Å². The van der Waals surface area contributed by atoms with Crippen LogP contribution in [-0.2, 0) is 6.54 Å². The van der Waals surface area contributed by atoms with Crippen molar-refractivity contribution in [3.05, 3.63) is 59.2 Å². The minimum atomic E-state index is 0.325. The maximum Gasteiger partial charge on any atom is 0.231 e. The minimum Gasteiger partial charge on any atom is -0.454 e. The van der Waals surface area contributed by atoms with Gasteiger partial charge in [-0.05, 0) is 54.3 Å². The van der Waals surface area contributed by atoms with Gasteiger partial charge in [-0.1, -0.05) is 31.5 Å². The Morgan fingerprint density at radius 2 is 1.76 bits per heavy atom. The highest BCUT2D eigenvalue weighted by Gasteiger charge is 2.22. The molecule has 1 aromatic heterocycles. The van der Waals surface area contributed by atoms with Crippen molar-refractivity contribution in [2.75, 3.05) is 44.8 Å². The second kappa shape index (κ2) is 10.4. The van der Waals surface area contributed by atoms with Crippen LogP contribution in [-0.4, -0.2) is 60.3 Å². The van der Waals surface area contributed by atoms with Crippen molar-refractivity contribution in [1.29, 1.82) is 0 Å². The fourth-order valence-corrected chi connectivity index (χ4v) is 5.12. The number of aromatic nitrogens is 1. The summed E-state index contributed by atoms with van der Waals surface area (Å²) in [5.74, 6) is 2.33. The molecular formula is C27H33ClN4O2. The molecule has 1 saturated heterocycles. The molecule has 0 aliphatic carbocycles. The lowest BCUT2D eigenvalue weighted by Gasteiger charge is -2.37. The van der Waals surface area contributed by atoms with E-state index in [0.717, 1.165) is 78.8 Å². The number of nitrogens with zero attached hydrogens (tertiary/aromatic N) is 3. The van der Waals surface area contributed by atoms with Gasteiger partial charge in [0.15, 0.2) is 11.5 Å². The fraction of sp³-hybridized carbons (Fsp3) is 0.444. The van der Waals surface area contributed by atoms with Gasteiger partial charge in [0.05, 0.1) is 5.52 Å².